The van der Waals surface area contributed by atoms with Gasteiger partial charge in [-0.25, -0.2) is 0 Å². The third-order valence-corrected chi connectivity index (χ3v) is 4.08. The standard InChI is InChI=1S/C15H16N2OS/c1-11-7-8-13(18-11)9-16-15-17-14(10-19-15)12-5-3-2-4-6-12/h2-8,14H,9-10H2,1H3,(H,16,17). The molecule has 0 amide bonds. The van der Waals surface area contributed by atoms with E-state index in [0.717, 1.165) is 22.4 Å². The second-order valence-electron chi connectivity index (χ2n) is 4.55. The Bertz CT molecular complexity index is 577. The highest BCUT2D eigenvalue weighted by atomic mass is 32.2. The monoisotopic (exact) mass is 272 g/mol. The van der Waals surface area contributed by atoms with Crippen LogP contribution in [0.5, 0.6) is 0 Å². The predicted octanol–water partition coefficient (Wildman–Crippen LogP) is 3.52. The van der Waals surface area contributed by atoms with Gasteiger partial charge in [-0.3, -0.25) is 4.99 Å². The number of hydrogen-bond acceptors (Lipinski definition) is 3. The first-order chi connectivity index (χ1) is 9.31. The van der Waals surface area contributed by atoms with E-state index in [4.69, 9.17) is 4.42 Å². The van der Waals surface area contributed by atoms with Crippen LogP contribution in [0.3, 0.4) is 0 Å². The number of aliphatic imine (C=N–C) groups is 1. The largest absolute Gasteiger partial charge is 0.464 e. The van der Waals surface area contributed by atoms with Gasteiger partial charge in [0.25, 0.3) is 0 Å². The van der Waals surface area contributed by atoms with Crippen molar-refractivity contribution in [2.45, 2.75) is 19.5 Å². The van der Waals surface area contributed by atoms with Gasteiger partial charge in [-0.05, 0) is 24.6 Å². The molecule has 0 saturated carbocycles. The molecule has 0 spiro atoms. The van der Waals surface area contributed by atoms with Gasteiger partial charge in [0.15, 0.2) is 5.17 Å². The van der Waals surface area contributed by atoms with Gasteiger partial charge in [-0.1, -0.05) is 42.1 Å². The second-order valence-corrected chi connectivity index (χ2v) is 5.56. The zero-order chi connectivity index (χ0) is 13.1. The Hall–Kier alpha value is -1.68. The van der Waals surface area contributed by atoms with Crippen LogP contribution in [0.4, 0.5) is 0 Å². The first-order valence-corrected chi connectivity index (χ1v) is 7.34. The minimum absolute atomic E-state index is 0.364. The molecule has 2 heterocycles. The number of benzene rings is 1. The quantitative estimate of drug-likeness (QED) is 0.929. The van der Waals surface area contributed by atoms with Crippen LogP contribution in [0.2, 0.25) is 0 Å². The zero-order valence-corrected chi connectivity index (χ0v) is 11.6. The summed E-state index contributed by atoms with van der Waals surface area (Å²) in [5.74, 6) is 2.87. The van der Waals surface area contributed by atoms with Crippen molar-refractivity contribution >= 4 is 16.9 Å². The third-order valence-electron chi connectivity index (χ3n) is 3.06. The molecule has 1 aliphatic rings. The van der Waals surface area contributed by atoms with E-state index in [9.17, 15) is 0 Å². The average molecular weight is 272 g/mol. The van der Waals surface area contributed by atoms with E-state index in [1.807, 2.05) is 25.1 Å². The van der Waals surface area contributed by atoms with Gasteiger partial charge < -0.3 is 9.73 Å². The Morgan fingerprint density at radius 2 is 2.11 bits per heavy atom. The molecule has 1 aromatic heterocycles. The maximum atomic E-state index is 5.51. The molecule has 4 heteroatoms. The lowest BCUT2D eigenvalue weighted by Gasteiger charge is -2.09. The molecule has 2 aromatic rings. The summed E-state index contributed by atoms with van der Waals surface area (Å²) in [7, 11) is 0. The summed E-state index contributed by atoms with van der Waals surface area (Å²) in [6, 6.07) is 14.8. The van der Waals surface area contributed by atoms with Gasteiger partial charge in [-0.2, -0.15) is 0 Å². The summed E-state index contributed by atoms with van der Waals surface area (Å²) in [5, 5.41) is 4.46. The van der Waals surface area contributed by atoms with Crippen LogP contribution in [-0.4, -0.2) is 10.9 Å². The van der Waals surface area contributed by atoms with E-state index in [1.165, 1.54) is 5.56 Å². The highest BCUT2D eigenvalue weighted by Gasteiger charge is 2.21. The summed E-state index contributed by atoms with van der Waals surface area (Å²) in [4.78, 5) is 4.56. The molecule has 3 rings (SSSR count). The minimum atomic E-state index is 0.364. The van der Waals surface area contributed by atoms with E-state index in [0.29, 0.717) is 12.6 Å². The lowest BCUT2D eigenvalue weighted by atomic mass is 10.1. The van der Waals surface area contributed by atoms with Crippen molar-refractivity contribution in [2.75, 3.05) is 5.75 Å². The molecule has 1 unspecified atom stereocenters. The van der Waals surface area contributed by atoms with Crippen molar-refractivity contribution in [3.63, 3.8) is 0 Å². The molecule has 1 N–H and O–H groups in total. The van der Waals surface area contributed by atoms with Crippen molar-refractivity contribution in [2.24, 2.45) is 4.99 Å². The van der Waals surface area contributed by atoms with Crippen molar-refractivity contribution in [1.82, 2.24) is 5.32 Å². The average Bonchev–Trinajstić information content (AvgIpc) is 3.06. The smallest absolute Gasteiger partial charge is 0.157 e. The van der Waals surface area contributed by atoms with E-state index in [-0.39, 0.29) is 0 Å². The third kappa shape index (κ3) is 3.01. The molecule has 0 bridgehead atoms. The SMILES string of the molecule is Cc1ccc(CN=C2NC(c3ccccc3)CS2)o1. The van der Waals surface area contributed by atoms with Crippen LogP contribution in [0.25, 0.3) is 0 Å². The molecular weight excluding hydrogens is 256 g/mol. The maximum absolute atomic E-state index is 5.51. The topological polar surface area (TPSA) is 37.5 Å². The summed E-state index contributed by atoms with van der Waals surface area (Å²) in [6.45, 7) is 2.55. The van der Waals surface area contributed by atoms with Gasteiger partial charge in [0.2, 0.25) is 0 Å². The minimum Gasteiger partial charge on any atom is -0.464 e. The number of thioether (sulfide) groups is 1. The van der Waals surface area contributed by atoms with Crippen LogP contribution in [0.15, 0.2) is 51.9 Å². The molecule has 1 atom stereocenters. The lowest BCUT2D eigenvalue weighted by Crippen LogP contribution is -2.19. The van der Waals surface area contributed by atoms with Gasteiger partial charge in [-0.15, -0.1) is 0 Å². The van der Waals surface area contributed by atoms with Crippen LogP contribution >= 0.6 is 11.8 Å². The number of nitrogens with zero attached hydrogens (tertiary/aromatic N) is 1. The summed E-state index contributed by atoms with van der Waals surface area (Å²) in [6.07, 6.45) is 0. The number of furan rings is 1. The Kier molecular flexibility index (Phi) is 3.60. The number of amidine groups is 1. The van der Waals surface area contributed by atoms with E-state index >= 15 is 0 Å². The van der Waals surface area contributed by atoms with Crippen molar-refractivity contribution in [3.8, 4) is 0 Å². The molecule has 3 nitrogen and oxygen atoms in total. The Morgan fingerprint density at radius 1 is 1.26 bits per heavy atom. The van der Waals surface area contributed by atoms with Crippen LogP contribution in [0, 0.1) is 6.92 Å². The highest BCUT2D eigenvalue weighted by Crippen LogP contribution is 2.26. The fourth-order valence-corrected chi connectivity index (χ4v) is 3.05. The molecule has 0 aliphatic carbocycles. The Balaban J connectivity index is 1.62. The van der Waals surface area contributed by atoms with Crippen molar-refractivity contribution in [1.29, 1.82) is 0 Å². The van der Waals surface area contributed by atoms with Crippen molar-refractivity contribution in [3.05, 3.63) is 59.5 Å². The molecule has 1 aromatic carbocycles. The fourth-order valence-electron chi connectivity index (χ4n) is 2.07. The Morgan fingerprint density at radius 3 is 2.84 bits per heavy atom. The van der Waals surface area contributed by atoms with E-state index in [1.54, 1.807) is 11.8 Å². The van der Waals surface area contributed by atoms with Gasteiger partial charge in [0.1, 0.15) is 11.5 Å². The Labute approximate surface area is 117 Å². The lowest BCUT2D eigenvalue weighted by molar-refractivity contribution is 0.486. The first-order valence-electron chi connectivity index (χ1n) is 6.35. The molecule has 1 fully saturated rings. The number of aryl methyl sites for hydroxylation is 1. The van der Waals surface area contributed by atoms with Gasteiger partial charge in [0, 0.05) is 5.75 Å². The molecular formula is C15H16N2OS. The summed E-state index contributed by atoms with van der Waals surface area (Å²) >= 11 is 1.77. The predicted molar refractivity (Wildman–Crippen MR) is 79.4 cm³/mol. The normalized spacial score (nSPS) is 20.7. The van der Waals surface area contributed by atoms with Crippen molar-refractivity contribution < 1.29 is 4.42 Å². The van der Waals surface area contributed by atoms with Crippen LogP contribution in [-0.2, 0) is 6.54 Å². The molecule has 19 heavy (non-hydrogen) atoms. The van der Waals surface area contributed by atoms with Crippen LogP contribution in [0.1, 0.15) is 23.1 Å². The molecule has 98 valence electrons. The molecule has 1 aliphatic heterocycles. The van der Waals surface area contributed by atoms with E-state index < -0.39 is 0 Å². The maximum Gasteiger partial charge on any atom is 0.157 e. The second kappa shape index (κ2) is 5.53. The van der Waals surface area contributed by atoms with E-state index in [2.05, 4.69) is 34.6 Å². The van der Waals surface area contributed by atoms with Gasteiger partial charge >= 0.3 is 0 Å². The summed E-state index contributed by atoms with van der Waals surface area (Å²) in [5.41, 5.74) is 1.31. The number of nitrogens with one attached hydrogen (secondary N) is 1. The zero-order valence-electron chi connectivity index (χ0n) is 10.8. The summed E-state index contributed by atoms with van der Waals surface area (Å²) < 4.78 is 5.51. The first kappa shape index (κ1) is 12.4. The van der Waals surface area contributed by atoms with Crippen LogP contribution < -0.4 is 5.32 Å². The number of rotatable bonds is 3. The molecule has 0 radical (unpaired) electrons. The number of hydrogen-bond donors (Lipinski definition) is 1. The van der Waals surface area contributed by atoms with Gasteiger partial charge in [0.05, 0.1) is 12.6 Å². The molecule has 1 saturated heterocycles. The highest BCUT2D eigenvalue weighted by molar-refractivity contribution is 8.14. The fraction of sp³-hybridized carbons (Fsp3) is 0.267.